The minimum absolute atomic E-state index is 0.112. The number of anilines is 1. The van der Waals surface area contributed by atoms with E-state index in [-0.39, 0.29) is 24.2 Å². The summed E-state index contributed by atoms with van der Waals surface area (Å²) in [5.41, 5.74) is 5.34. The smallest absolute Gasteiger partial charge is 0.238 e. The molecule has 0 radical (unpaired) electrons. The molecule has 1 aliphatic heterocycles. The number of carbonyl (C=O) groups excluding carboxylic acids is 2. The van der Waals surface area contributed by atoms with Gasteiger partial charge in [-0.15, -0.1) is 0 Å². The van der Waals surface area contributed by atoms with Crippen LogP contribution < -0.4 is 5.32 Å². The fourth-order valence-corrected chi connectivity index (χ4v) is 4.29. The van der Waals surface area contributed by atoms with Crippen molar-refractivity contribution in [2.75, 3.05) is 38.0 Å². The number of nitrogens with zero attached hydrogens (tertiary/aromatic N) is 5. The van der Waals surface area contributed by atoms with E-state index in [1.165, 1.54) is 24.3 Å². The summed E-state index contributed by atoms with van der Waals surface area (Å²) in [5.74, 6) is -0.377. The lowest BCUT2D eigenvalue weighted by Gasteiger charge is -2.34. The molecule has 1 saturated heterocycles. The fourth-order valence-electron chi connectivity index (χ4n) is 4.29. The normalized spacial score (nSPS) is 14.6. The molecule has 0 spiro atoms. The van der Waals surface area contributed by atoms with Crippen LogP contribution in [0.15, 0.2) is 30.3 Å². The Hall–Kier alpha value is -3.33. The third-order valence-corrected chi connectivity index (χ3v) is 6.10. The summed E-state index contributed by atoms with van der Waals surface area (Å²) in [5, 5.41) is 7.27. The van der Waals surface area contributed by atoms with Gasteiger partial charge in [0.1, 0.15) is 5.82 Å². The number of carbonyl (C=O) groups is 2. The van der Waals surface area contributed by atoms with Crippen molar-refractivity contribution in [3.63, 3.8) is 0 Å². The van der Waals surface area contributed by atoms with Crippen LogP contribution in [0.5, 0.6) is 0 Å². The molecule has 0 unspecified atom stereocenters. The maximum absolute atomic E-state index is 13.0. The highest BCUT2D eigenvalue weighted by atomic mass is 19.1. The van der Waals surface area contributed by atoms with Gasteiger partial charge >= 0.3 is 0 Å². The van der Waals surface area contributed by atoms with Gasteiger partial charge in [0, 0.05) is 55.7 Å². The van der Waals surface area contributed by atoms with E-state index in [9.17, 15) is 14.0 Å². The van der Waals surface area contributed by atoms with E-state index in [0.717, 1.165) is 28.3 Å². The number of halogens is 1. The number of rotatable bonds is 6. The standard InChI is InChI=1S/C24H29FN6O2/c1-16-14-22-26-17(2)21(18(3)31(22)28-16)8-9-24(33)30-12-10-29(11-13-30)15-23(32)27-20-6-4-19(25)5-7-20/h4-7,14H,8-13,15H2,1-3H3,(H,27,32). The molecule has 1 aliphatic rings. The van der Waals surface area contributed by atoms with Gasteiger partial charge in [-0.2, -0.15) is 5.10 Å². The molecule has 174 valence electrons. The van der Waals surface area contributed by atoms with Crippen molar-refractivity contribution in [2.45, 2.75) is 33.6 Å². The van der Waals surface area contributed by atoms with Gasteiger partial charge < -0.3 is 10.2 Å². The Balaban J connectivity index is 1.26. The third-order valence-electron chi connectivity index (χ3n) is 6.10. The molecule has 3 heterocycles. The average Bonchev–Trinajstić information content (AvgIpc) is 3.15. The quantitative estimate of drug-likeness (QED) is 0.622. The Morgan fingerprint density at radius 1 is 1.06 bits per heavy atom. The van der Waals surface area contributed by atoms with E-state index in [4.69, 9.17) is 0 Å². The van der Waals surface area contributed by atoms with Crippen molar-refractivity contribution >= 4 is 23.1 Å². The predicted molar refractivity (Wildman–Crippen MR) is 124 cm³/mol. The molecule has 1 N–H and O–H groups in total. The second-order valence-corrected chi connectivity index (χ2v) is 8.53. The Labute approximate surface area is 192 Å². The van der Waals surface area contributed by atoms with Crippen molar-refractivity contribution in [1.29, 1.82) is 0 Å². The van der Waals surface area contributed by atoms with Gasteiger partial charge in [-0.3, -0.25) is 14.5 Å². The first-order valence-electron chi connectivity index (χ1n) is 11.2. The van der Waals surface area contributed by atoms with Gasteiger partial charge in [0.25, 0.3) is 0 Å². The predicted octanol–water partition coefficient (Wildman–Crippen LogP) is 2.51. The molecule has 8 nitrogen and oxygen atoms in total. The summed E-state index contributed by atoms with van der Waals surface area (Å²) >= 11 is 0. The van der Waals surface area contributed by atoms with Crippen LogP contribution in [-0.2, 0) is 16.0 Å². The number of nitrogens with one attached hydrogen (secondary N) is 1. The molecule has 2 amide bonds. The topological polar surface area (TPSA) is 82.8 Å². The van der Waals surface area contributed by atoms with Crippen molar-refractivity contribution in [3.8, 4) is 0 Å². The van der Waals surface area contributed by atoms with E-state index < -0.39 is 0 Å². The third kappa shape index (κ3) is 5.36. The number of amides is 2. The van der Waals surface area contributed by atoms with Gasteiger partial charge in [-0.1, -0.05) is 0 Å². The van der Waals surface area contributed by atoms with Crippen LogP contribution in [0.4, 0.5) is 10.1 Å². The Bertz CT molecular complexity index is 1170. The summed E-state index contributed by atoms with van der Waals surface area (Å²) in [6, 6.07) is 7.65. The first-order chi connectivity index (χ1) is 15.8. The number of hydrogen-bond acceptors (Lipinski definition) is 5. The Morgan fingerprint density at radius 3 is 2.45 bits per heavy atom. The maximum atomic E-state index is 13.0. The lowest BCUT2D eigenvalue weighted by atomic mass is 10.1. The number of aryl methyl sites for hydroxylation is 3. The van der Waals surface area contributed by atoms with Gasteiger partial charge in [0.05, 0.1) is 12.2 Å². The molecule has 0 aliphatic carbocycles. The molecular weight excluding hydrogens is 423 g/mol. The minimum atomic E-state index is -0.340. The molecule has 0 atom stereocenters. The zero-order chi connectivity index (χ0) is 23.5. The molecule has 0 saturated carbocycles. The molecule has 4 rings (SSSR count). The van der Waals surface area contributed by atoms with E-state index in [1.807, 2.05) is 41.2 Å². The molecule has 9 heteroatoms. The van der Waals surface area contributed by atoms with Crippen LogP contribution in [0.25, 0.3) is 5.65 Å². The van der Waals surface area contributed by atoms with E-state index >= 15 is 0 Å². The molecule has 1 fully saturated rings. The van der Waals surface area contributed by atoms with Crippen LogP contribution in [0, 0.1) is 26.6 Å². The Morgan fingerprint density at radius 2 is 1.76 bits per heavy atom. The molecular formula is C24H29FN6O2. The number of fused-ring (bicyclic) bond motifs is 1. The van der Waals surface area contributed by atoms with Gasteiger partial charge in [0.15, 0.2) is 5.65 Å². The van der Waals surface area contributed by atoms with Crippen molar-refractivity contribution in [3.05, 3.63) is 58.8 Å². The lowest BCUT2D eigenvalue weighted by molar-refractivity contribution is -0.133. The number of aromatic nitrogens is 3. The lowest BCUT2D eigenvalue weighted by Crippen LogP contribution is -2.50. The second kappa shape index (κ2) is 9.66. The van der Waals surface area contributed by atoms with Crippen molar-refractivity contribution in [2.24, 2.45) is 0 Å². The zero-order valence-electron chi connectivity index (χ0n) is 19.3. The SMILES string of the molecule is Cc1cc2nc(C)c(CCC(=O)N3CCN(CC(=O)Nc4ccc(F)cc4)CC3)c(C)n2n1. The van der Waals surface area contributed by atoms with Crippen LogP contribution in [-0.4, -0.2) is 68.9 Å². The number of piperazine rings is 1. The molecule has 2 aromatic heterocycles. The van der Waals surface area contributed by atoms with Crippen LogP contribution >= 0.6 is 0 Å². The summed E-state index contributed by atoms with van der Waals surface area (Å²) < 4.78 is 14.8. The zero-order valence-corrected chi connectivity index (χ0v) is 19.3. The maximum Gasteiger partial charge on any atom is 0.238 e. The largest absolute Gasteiger partial charge is 0.340 e. The second-order valence-electron chi connectivity index (χ2n) is 8.53. The van der Waals surface area contributed by atoms with Gasteiger partial charge in [-0.05, 0) is 57.0 Å². The van der Waals surface area contributed by atoms with E-state index in [1.54, 1.807) is 0 Å². The summed E-state index contributed by atoms with van der Waals surface area (Å²) in [6.45, 7) is 8.65. The minimum Gasteiger partial charge on any atom is -0.340 e. The molecule has 3 aromatic rings. The summed E-state index contributed by atoms with van der Waals surface area (Å²) in [7, 11) is 0. The first kappa shape index (κ1) is 22.8. The molecule has 33 heavy (non-hydrogen) atoms. The Kier molecular flexibility index (Phi) is 6.69. The van der Waals surface area contributed by atoms with Crippen LogP contribution in [0.2, 0.25) is 0 Å². The summed E-state index contributed by atoms with van der Waals surface area (Å²) in [4.78, 5) is 33.6. The van der Waals surface area contributed by atoms with Gasteiger partial charge in [-0.25, -0.2) is 13.9 Å². The highest BCUT2D eigenvalue weighted by Crippen LogP contribution is 2.18. The van der Waals surface area contributed by atoms with Crippen LogP contribution in [0.1, 0.15) is 29.1 Å². The molecule has 1 aromatic carbocycles. The van der Waals surface area contributed by atoms with E-state index in [2.05, 4.69) is 15.4 Å². The van der Waals surface area contributed by atoms with E-state index in [0.29, 0.717) is 44.7 Å². The number of hydrogen-bond donors (Lipinski definition) is 1. The number of benzene rings is 1. The van der Waals surface area contributed by atoms with Crippen molar-refractivity contribution in [1.82, 2.24) is 24.4 Å². The highest BCUT2D eigenvalue weighted by molar-refractivity contribution is 5.92. The van der Waals surface area contributed by atoms with Gasteiger partial charge in [0.2, 0.25) is 11.8 Å². The summed E-state index contributed by atoms with van der Waals surface area (Å²) in [6.07, 6.45) is 1.04. The monoisotopic (exact) mass is 452 g/mol. The fraction of sp³-hybridized carbons (Fsp3) is 0.417. The first-order valence-corrected chi connectivity index (χ1v) is 11.2. The van der Waals surface area contributed by atoms with Crippen molar-refractivity contribution < 1.29 is 14.0 Å². The highest BCUT2D eigenvalue weighted by Gasteiger charge is 2.23. The molecule has 0 bridgehead atoms. The average molecular weight is 453 g/mol. The van der Waals surface area contributed by atoms with Crippen LogP contribution in [0.3, 0.4) is 0 Å².